The lowest BCUT2D eigenvalue weighted by atomic mass is 10.0. The Balaban J connectivity index is 1.88. The molecule has 1 rings (SSSR count). The van der Waals surface area contributed by atoms with Gasteiger partial charge in [-0.3, -0.25) is 0 Å². The van der Waals surface area contributed by atoms with Gasteiger partial charge in [0.05, 0.1) is 6.10 Å². The molecule has 1 saturated heterocycles. The Bertz CT molecular complexity index is 211. The quantitative estimate of drug-likeness (QED) is 0.705. The first-order chi connectivity index (χ1) is 7.99. The van der Waals surface area contributed by atoms with Crippen LogP contribution in [0.4, 0.5) is 13.2 Å². The fraction of sp³-hybridized carbons (Fsp3) is 1.00. The van der Waals surface area contributed by atoms with Crippen LogP contribution in [0.15, 0.2) is 0 Å². The number of halogens is 3. The number of rotatable bonds is 7. The molecule has 0 aromatic carbocycles. The second-order valence-corrected chi connectivity index (χ2v) is 4.35. The van der Waals surface area contributed by atoms with Crippen molar-refractivity contribution in [1.29, 1.82) is 0 Å². The fourth-order valence-electron chi connectivity index (χ4n) is 1.82. The van der Waals surface area contributed by atoms with E-state index in [1.165, 1.54) is 0 Å². The molecular formula is C11H20F3NO2. The van der Waals surface area contributed by atoms with Crippen LogP contribution in [-0.2, 0) is 9.47 Å². The van der Waals surface area contributed by atoms with Crippen molar-refractivity contribution in [3.63, 3.8) is 0 Å². The van der Waals surface area contributed by atoms with E-state index >= 15 is 0 Å². The maximum atomic E-state index is 11.7. The summed E-state index contributed by atoms with van der Waals surface area (Å²) in [5, 5.41) is 3.21. The number of hydrogen-bond donors (Lipinski definition) is 1. The second-order valence-electron chi connectivity index (χ2n) is 4.35. The van der Waals surface area contributed by atoms with E-state index in [-0.39, 0.29) is 12.7 Å². The number of nitrogens with one attached hydrogen (secondary N) is 1. The predicted molar refractivity (Wildman–Crippen MR) is 57.9 cm³/mol. The Morgan fingerprint density at radius 1 is 1.41 bits per heavy atom. The summed E-state index contributed by atoms with van der Waals surface area (Å²) in [4.78, 5) is 0. The van der Waals surface area contributed by atoms with Gasteiger partial charge in [0.1, 0.15) is 6.61 Å². The normalized spacial score (nSPS) is 25.4. The summed E-state index contributed by atoms with van der Waals surface area (Å²) in [6.45, 7) is 3.39. The van der Waals surface area contributed by atoms with Crippen LogP contribution in [0.25, 0.3) is 0 Å². The van der Waals surface area contributed by atoms with E-state index in [1.807, 2.05) is 6.92 Å². The van der Waals surface area contributed by atoms with E-state index in [1.54, 1.807) is 0 Å². The van der Waals surface area contributed by atoms with E-state index in [9.17, 15) is 13.2 Å². The van der Waals surface area contributed by atoms with Gasteiger partial charge in [-0.15, -0.1) is 0 Å². The monoisotopic (exact) mass is 255 g/mol. The maximum absolute atomic E-state index is 11.7. The van der Waals surface area contributed by atoms with E-state index in [2.05, 4.69) is 10.1 Å². The highest BCUT2D eigenvalue weighted by Crippen LogP contribution is 2.19. The lowest BCUT2D eigenvalue weighted by Gasteiger charge is -2.14. The van der Waals surface area contributed by atoms with Gasteiger partial charge in [-0.1, -0.05) is 0 Å². The largest absolute Gasteiger partial charge is 0.411 e. The molecule has 0 spiro atoms. The average Bonchev–Trinajstić information content (AvgIpc) is 2.61. The Labute approximate surface area is 99.7 Å². The first-order valence-corrected chi connectivity index (χ1v) is 5.96. The standard InChI is InChI=1S/C11H20F3NO2/c1-9-10(3-6-17-9)7-15-4-2-5-16-8-11(12,13)14/h9-10,15H,2-8H2,1H3. The number of alkyl halides is 3. The van der Waals surface area contributed by atoms with Crippen LogP contribution in [0.3, 0.4) is 0 Å². The van der Waals surface area contributed by atoms with Crippen molar-refractivity contribution in [3.8, 4) is 0 Å². The zero-order valence-electron chi connectivity index (χ0n) is 10.1. The van der Waals surface area contributed by atoms with Gasteiger partial charge in [0.25, 0.3) is 0 Å². The molecule has 1 aliphatic rings. The summed E-state index contributed by atoms with van der Waals surface area (Å²) in [6, 6.07) is 0. The Hall–Kier alpha value is -0.330. The van der Waals surface area contributed by atoms with Crippen molar-refractivity contribution in [1.82, 2.24) is 5.32 Å². The molecule has 0 aromatic rings. The van der Waals surface area contributed by atoms with Gasteiger partial charge in [-0.25, -0.2) is 0 Å². The molecule has 1 heterocycles. The van der Waals surface area contributed by atoms with Crippen molar-refractivity contribution in [2.75, 3.05) is 32.9 Å². The highest BCUT2D eigenvalue weighted by atomic mass is 19.4. The molecule has 1 aliphatic heterocycles. The second kappa shape index (κ2) is 7.18. The Kier molecular flexibility index (Phi) is 6.22. The molecule has 2 atom stereocenters. The summed E-state index contributed by atoms with van der Waals surface area (Å²) >= 11 is 0. The molecule has 6 heteroatoms. The number of ether oxygens (including phenoxy) is 2. The maximum Gasteiger partial charge on any atom is 0.411 e. The van der Waals surface area contributed by atoms with Crippen molar-refractivity contribution in [3.05, 3.63) is 0 Å². The molecule has 1 fully saturated rings. The van der Waals surface area contributed by atoms with Gasteiger partial charge >= 0.3 is 6.18 Å². The van der Waals surface area contributed by atoms with E-state index in [4.69, 9.17) is 4.74 Å². The lowest BCUT2D eigenvalue weighted by molar-refractivity contribution is -0.173. The molecule has 0 radical (unpaired) electrons. The zero-order valence-corrected chi connectivity index (χ0v) is 10.1. The highest BCUT2D eigenvalue weighted by molar-refractivity contribution is 4.74. The van der Waals surface area contributed by atoms with Gasteiger partial charge in [-0.2, -0.15) is 13.2 Å². The summed E-state index contributed by atoms with van der Waals surface area (Å²) in [5.41, 5.74) is 0. The number of hydrogen-bond acceptors (Lipinski definition) is 3. The highest BCUT2D eigenvalue weighted by Gasteiger charge is 2.27. The summed E-state index contributed by atoms with van der Waals surface area (Å²) in [7, 11) is 0. The van der Waals surface area contributed by atoms with Crippen molar-refractivity contribution in [2.45, 2.75) is 32.0 Å². The van der Waals surface area contributed by atoms with E-state index in [0.717, 1.165) is 19.6 Å². The van der Waals surface area contributed by atoms with Gasteiger partial charge in [0.2, 0.25) is 0 Å². The lowest BCUT2D eigenvalue weighted by Crippen LogP contribution is -2.28. The SMILES string of the molecule is CC1OCCC1CNCCCOCC(F)(F)F. The zero-order chi connectivity index (χ0) is 12.7. The fourth-order valence-corrected chi connectivity index (χ4v) is 1.82. The summed E-state index contributed by atoms with van der Waals surface area (Å²) in [5.74, 6) is 0.520. The first-order valence-electron chi connectivity index (χ1n) is 5.96. The molecule has 0 aliphatic carbocycles. The first kappa shape index (κ1) is 14.7. The smallest absolute Gasteiger partial charge is 0.378 e. The molecule has 3 nitrogen and oxygen atoms in total. The Morgan fingerprint density at radius 2 is 2.18 bits per heavy atom. The van der Waals surface area contributed by atoms with Crippen LogP contribution in [0.2, 0.25) is 0 Å². The van der Waals surface area contributed by atoms with Crippen LogP contribution in [0, 0.1) is 5.92 Å². The molecule has 0 bridgehead atoms. The molecule has 17 heavy (non-hydrogen) atoms. The minimum absolute atomic E-state index is 0.142. The van der Waals surface area contributed by atoms with Gasteiger partial charge in [-0.05, 0) is 32.2 Å². The van der Waals surface area contributed by atoms with E-state index in [0.29, 0.717) is 18.9 Å². The van der Waals surface area contributed by atoms with Crippen LogP contribution >= 0.6 is 0 Å². The molecule has 102 valence electrons. The third kappa shape index (κ3) is 6.85. The van der Waals surface area contributed by atoms with Crippen molar-refractivity contribution < 1.29 is 22.6 Å². The van der Waals surface area contributed by atoms with Gasteiger partial charge in [0.15, 0.2) is 0 Å². The summed E-state index contributed by atoms with van der Waals surface area (Å²) < 4.78 is 45.1. The molecule has 0 aromatic heterocycles. The minimum Gasteiger partial charge on any atom is -0.378 e. The third-order valence-electron chi connectivity index (χ3n) is 2.85. The van der Waals surface area contributed by atoms with Gasteiger partial charge < -0.3 is 14.8 Å². The third-order valence-corrected chi connectivity index (χ3v) is 2.85. The van der Waals surface area contributed by atoms with Crippen molar-refractivity contribution in [2.24, 2.45) is 5.92 Å². The minimum atomic E-state index is -4.22. The van der Waals surface area contributed by atoms with E-state index < -0.39 is 12.8 Å². The van der Waals surface area contributed by atoms with Crippen LogP contribution < -0.4 is 5.32 Å². The average molecular weight is 255 g/mol. The summed E-state index contributed by atoms with van der Waals surface area (Å²) in [6.07, 6.45) is -2.29. The van der Waals surface area contributed by atoms with Crippen LogP contribution in [0.5, 0.6) is 0 Å². The molecular weight excluding hydrogens is 235 g/mol. The molecule has 0 amide bonds. The molecule has 2 unspecified atom stereocenters. The molecule has 1 N–H and O–H groups in total. The van der Waals surface area contributed by atoms with Crippen LogP contribution in [0.1, 0.15) is 19.8 Å². The molecule has 0 saturated carbocycles. The van der Waals surface area contributed by atoms with Crippen LogP contribution in [-0.4, -0.2) is 45.2 Å². The Morgan fingerprint density at radius 3 is 2.76 bits per heavy atom. The van der Waals surface area contributed by atoms with Gasteiger partial charge in [0, 0.05) is 19.8 Å². The topological polar surface area (TPSA) is 30.5 Å². The van der Waals surface area contributed by atoms with Crippen molar-refractivity contribution >= 4 is 0 Å². The predicted octanol–water partition coefficient (Wildman–Crippen LogP) is 1.97.